The third-order valence-electron chi connectivity index (χ3n) is 7.49. The molecule has 2 bridgehead atoms. The third-order valence-corrected chi connectivity index (χ3v) is 7.81. The number of benzene rings is 2. The molecule has 1 atom stereocenters. The van der Waals surface area contributed by atoms with Crippen LogP contribution in [0.25, 0.3) is 22.5 Å². The summed E-state index contributed by atoms with van der Waals surface area (Å²) in [7, 11) is 0. The van der Waals surface area contributed by atoms with E-state index >= 15 is 0 Å². The van der Waals surface area contributed by atoms with Gasteiger partial charge in [0, 0.05) is 42.6 Å². The Morgan fingerprint density at radius 2 is 1.76 bits per heavy atom. The van der Waals surface area contributed by atoms with Crippen LogP contribution in [0.5, 0.6) is 0 Å². The molecule has 0 saturated carbocycles. The second kappa shape index (κ2) is 8.86. The van der Waals surface area contributed by atoms with Crippen LogP contribution in [0, 0.1) is 5.92 Å². The first-order valence-corrected chi connectivity index (χ1v) is 12.9. The highest BCUT2D eigenvalue weighted by Crippen LogP contribution is 2.30. The first-order valence-electron chi connectivity index (χ1n) is 12.5. The predicted molar refractivity (Wildman–Crippen MR) is 145 cm³/mol. The molecule has 0 amide bonds. The summed E-state index contributed by atoms with van der Waals surface area (Å²) in [5.41, 5.74) is 2.73. The Bertz CT molecular complexity index is 1670. The number of halogens is 1. The molecule has 186 valence electrons. The van der Waals surface area contributed by atoms with Gasteiger partial charge in [0.15, 0.2) is 5.65 Å². The number of aromatic nitrogens is 5. The molecule has 3 aliphatic heterocycles. The largest absolute Gasteiger partial charge is 0.381 e. The second-order valence-electron chi connectivity index (χ2n) is 9.71. The highest BCUT2D eigenvalue weighted by Gasteiger charge is 2.33. The number of rotatable bonds is 5. The highest BCUT2D eigenvalue weighted by molar-refractivity contribution is 6.32. The van der Waals surface area contributed by atoms with Crippen molar-refractivity contribution in [2.75, 3.05) is 30.3 Å². The fourth-order valence-electron chi connectivity index (χ4n) is 5.58. The molecule has 9 nitrogen and oxygen atoms in total. The number of hydrogen-bond acceptors (Lipinski definition) is 7. The van der Waals surface area contributed by atoms with Crippen LogP contribution in [-0.4, -0.2) is 54.5 Å². The summed E-state index contributed by atoms with van der Waals surface area (Å²) < 4.78 is 3.26. The van der Waals surface area contributed by atoms with Crippen molar-refractivity contribution in [1.29, 1.82) is 0 Å². The van der Waals surface area contributed by atoms with Gasteiger partial charge in [0.05, 0.1) is 10.7 Å². The molecule has 6 heterocycles. The monoisotopic (exact) mass is 512 g/mol. The lowest BCUT2D eigenvalue weighted by Gasteiger charge is -2.45. The first-order chi connectivity index (χ1) is 18.1. The molecule has 2 aromatic carbocycles. The molecule has 10 heteroatoms. The summed E-state index contributed by atoms with van der Waals surface area (Å²) in [4.78, 5) is 29.5. The Balaban J connectivity index is 1.18. The van der Waals surface area contributed by atoms with Gasteiger partial charge in [-0.1, -0.05) is 23.7 Å². The maximum atomic E-state index is 13.5. The molecule has 3 saturated heterocycles. The Hall–Kier alpha value is -3.95. The lowest BCUT2D eigenvalue weighted by molar-refractivity contribution is 0.0975. The molecule has 3 aliphatic rings. The maximum Gasteiger partial charge on any atom is 0.270 e. The standard InChI is InChI=1S/C27H25ClN8O/c28-21-3-1-2-4-23(21)36-25(37)20-15-30-26(33-24(20)35-14-11-29-27(35)36)32-19-7-5-18(6-8-19)31-22-16-34-12-9-17(22)10-13-34/h1-8,11,14-15,17,22,31H,9-10,12-13,16H2,(H,30,32,33)/t22-/m0/s1. The molecule has 37 heavy (non-hydrogen) atoms. The fraction of sp³-hybridized carbons (Fsp3) is 0.259. The maximum absolute atomic E-state index is 13.5. The van der Waals surface area contributed by atoms with E-state index in [1.54, 1.807) is 35.1 Å². The Kier molecular flexibility index (Phi) is 5.33. The lowest BCUT2D eigenvalue weighted by Crippen LogP contribution is -2.53. The van der Waals surface area contributed by atoms with E-state index in [-0.39, 0.29) is 5.56 Å². The van der Waals surface area contributed by atoms with Crippen molar-refractivity contribution >= 4 is 45.7 Å². The number of nitrogens with one attached hydrogen (secondary N) is 2. The van der Waals surface area contributed by atoms with Crippen LogP contribution in [0.4, 0.5) is 17.3 Å². The summed E-state index contributed by atoms with van der Waals surface area (Å²) in [6.45, 7) is 3.59. The minimum absolute atomic E-state index is 0.281. The molecule has 0 aliphatic carbocycles. The SMILES string of the molecule is O=c1c2cnc(Nc3ccc(N[C@H]4CN5CCC4CC5)cc3)nc2n2ccnc2n1-c1ccccc1Cl. The van der Waals surface area contributed by atoms with Gasteiger partial charge in [-0.2, -0.15) is 4.98 Å². The van der Waals surface area contributed by atoms with Crippen molar-refractivity contribution < 1.29 is 0 Å². The van der Waals surface area contributed by atoms with Crippen molar-refractivity contribution in [3.63, 3.8) is 0 Å². The minimum atomic E-state index is -0.281. The van der Waals surface area contributed by atoms with Crippen LogP contribution in [0.2, 0.25) is 5.02 Å². The molecule has 0 unspecified atom stereocenters. The number of nitrogens with zero attached hydrogens (tertiary/aromatic N) is 6. The van der Waals surface area contributed by atoms with Gasteiger partial charge in [-0.15, -0.1) is 0 Å². The van der Waals surface area contributed by atoms with E-state index in [0.29, 0.717) is 39.5 Å². The quantitative estimate of drug-likeness (QED) is 0.362. The van der Waals surface area contributed by atoms with Gasteiger partial charge in [0.2, 0.25) is 11.7 Å². The lowest BCUT2D eigenvalue weighted by atomic mass is 9.84. The number of fused-ring (bicyclic) bond motifs is 6. The van der Waals surface area contributed by atoms with Gasteiger partial charge in [0.1, 0.15) is 5.39 Å². The molecule has 5 aromatic rings. The first kappa shape index (κ1) is 22.3. The average molecular weight is 513 g/mol. The van der Waals surface area contributed by atoms with E-state index in [0.717, 1.165) is 23.8 Å². The number of anilines is 3. The van der Waals surface area contributed by atoms with E-state index in [1.165, 1.54) is 30.5 Å². The van der Waals surface area contributed by atoms with Crippen molar-refractivity contribution in [3.8, 4) is 5.69 Å². The van der Waals surface area contributed by atoms with Crippen molar-refractivity contribution in [2.45, 2.75) is 18.9 Å². The minimum Gasteiger partial charge on any atom is -0.381 e. The smallest absolute Gasteiger partial charge is 0.270 e. The van der Waals surface area contributed by atoms with Crippen LogP contribution in [0.1, 0.15) is 12.8 Å². The van der Waals surface area contributed by atoms with Crippen LogP contribution in [0.3, 0.4) is 0 Å². The number of imidazole rings is 1. The van der Waals surface area contributed by atoms with Gasteiger partial charge < -0.3 is 15.5 Å². The Morgan fingerprint density at radius 1 is 0.973 bits per heavy atom. The topological polar surface area (TPSA) is 92.4 Å². The predicted octanol–water partition coefficient (Wildman–Crippen LogP) is 4.33. The van der Waals surface area contributed by atoms with E-state index in [4.69, 9.17) is 11.6 Å². The van der Waals surface area contributed by atoms with Gasteiger partial charge in [-0.3, -0.25) is 9.20 Å². The zero-order chi connectivity index (χ0) is 24.9. The van der Waals surface area contributed by atoms with Crippen LogP contribution in [0.15, 0.2) is 71.9 Å². The second-order valence-corrected chi connectivity index (χ2v) is 10.1. The molecular formula is C27H25ClN8O. The normalized spacial score (nSPS) is 20.9. The van der Waals surface area contributed by atoms with Crippen molar-refractivity contribution in [3.05, 3.63) is 82.5 Å². The number of hydrogen-bond donors (Lipinski definition) is 2. The summed E-state index contributed by atoms with van der Waals surface area (Å²) in [5, 5.41) is 7.81. The zero-order valence-corrected chi connectivity index (χ0v) is 20.8. The molecule has 2 N–H and O–H groups in total. The summed E-state index contributed by atoms with van der Waals surface area (Å²) in [6.07, 6.45) is 7.52. The summed E-state index contributed by atoms with van der Waals surface area (Å²) >= 11 is 6.40. The molecule has 0 radical (unpaired) electrons. The van der Waals surface area contributed by atoms with Crippen LogP contribution in [-0.2, 0) is 0 Å². The number of piperidine rings is 3. The van der Waals surface area contributed by atoms with Gasteiger partial charge in [-0.25, -0.2) is 14.5 Å². The average Bonchev–Trinajstić information content (AvgIpc) is 3.42. The van der Waals surface area contributed by atoms with Crippen molar-refractivity contribution in [2.24, 2.45) is 5.92 Å². The number of para-hydroxylation sites is 1. The Labute approximate surface area is 217 Å². The molecule has 8 rings (SSSR count). The van der Waals surface area contributed by atoms with Crippen LogP contribution >= 0.6 is 11.6 Å². The van der Waals surface area contributed by atoms with Gasteiger partial charge >= 0.3 is 0 Å². The van der Waals surface area contributed by atoms with Crippen LogP contribution < -0.4 is 16.2 Å². The zero-order valence-electron chi connectivity index (χ0n) is 20.0. The molecule has 3 fully saturated rings. The van der Waals surface area contributed by atoms with E-state index in [1.807, 2.05) is 24.3 Å². The summed E-state index contributed by atoms with van der Waals surface area (Å²) in [5.74, 6) is 1.59. The molecule has 0 spiro atoms. The van der Waals surface area contributed by atoms with Crippen molar-refractivity contribution in [1.82, 2.24) is 28.8 Å². The third kappa shape index (κ3) is 3.91. The van der Waals surface area contributed by atoms with E-state index in [9.17, 15) is 4.79 Å². The van der Waals surface area contributed by atoms with Gasteiger partial charge in [0.25, 0.3) is 5.56 Å². The summed E-state index contributed by atoms with van der Waals surface area (Å²) in [6, 6.07) is 15.9. The molecular weight excluding hydrogens is 488 g/mol. The van der Waals surface area contributed by atoms with E-state index < -0.39 is 0 Å². The Morgan fingerprint density at radius 3 is 2.51 bits per heavy atom. The van der Waals surface area contributed by atoms with E-state index in [2.05, 4.69) is 42.6 Å². The molecule has 3 aromatic heterocycles. The fourth-order valence-corrected chi connectivity index (χ4v) is 5.80. The van der Waals surface area contributed by atoms with Gasteiger partial charge in [-0.05, 0) is 68.2 Å². The highest BCUT2D eigenvalue weighted by atomic mass is 35.5.